The molecule has 1 unspecified atom stereocenters. The number of amides is 1. The molecule has 7 heteroatoms. The van der Waals surface area contributed by atoms with Crippen molar-refractivity contribution in [3.63, 3.8) is 0 Å². The molecule has 0 saturated heterocycles. The normalized spacial score (nSPS) is 12.4. The summed E-state index contributed by atoms with van der Waals surface area (Å²) >= 11 is 0. The van der Waals surface area contributed by atoms with Crippen LogP contribution in [0.15, 0.2) is 18.2 Å². The maximum Gasteiger partial charge on any atom is 0.408 e. The molecule has 0 aliphatic rings. The molecule has 3 N–H and O–H groups in total. The van der Waals surface area contributed by atoms with Crippen molar-refractivity contribution in [3.05, 3.63) is 23.8 Å². The summed E-state index contributed by atoms with van der Waals surface area (Å²) in [4.78, 5) is 23.0. The smallest absolute Gasteiger partial charge is 0.408 e. The SMILES string of the molecule is COc1cc(O)ccc1CC(NC(=O)OC(C)(C)C)C(=O)O. The van der Waals surface area contributed by atoms with E-state index in [0.717, 1.165) is 0 Å². The lowest BCUT2D eigenvalue weighted by molar-refractivity contribution is -0.139. The highest BCUT2D eigenvalue weighted by atomic mass is 16.6. The number of carboxylic acids is 1. The van der Waals surface area contributed by atoms with Crippen LogP contribution in [-0.4, -0.2) is 41.0 Å². The number of rotatable bonds is 5. The first-order chi connectivity index (χ1) is 10.1. The third-order valence-corrected chi connectivity index (χ3v) is 2.68. The van der Waals surface area contributed by atoms with Gasteiger partial charge in [0, 0.05) is 12.5 Å². The molecule has 7 nitrogen and oxygen atoms in total. The van der Waals surface area contributed by atoms with Crippen LogP contribution in [0.5, 0.6) is 11.5 Å². The van der Waals surface area contributed by atoms with Gasteiger partial charge < -0.3 is 25.0 Å². The Bertz CT molecular complexity index is 549. The number of hydrogen-bond acceptors (Lipinski definition) is 5. The van der Waals surface area contributed by atoms with E-state index in [9.17, 15) is 19.8 Å². The minimum atomic E-state index is -1.19. The van der Waals surface area contributed by atoms with Gasteiger partial charge in [0.05, 0.1) is 7.11 Å². The number of carboxylic acid groups (broad SMARTS) is 1. The molecular formula is C15H21NO6. The van der Waals surface area contributed by atoms with Crippen molar-refractivity contribution in [2.75, 3.05) is 7.11 Å². The molecule has 0 aliphatic heterocycles. The summed E-state index contributed by atoms with van der Waals surface area (Å²) in [7, 11) is 1.41. The van der Waals surface area contributed by atoms with E-state index in [1.54, 1.807) is 26.8 Å². The van der Waals surface area contributed by atoms with Crippen LogP contribution < -0.4 is 10.1 Å². The van der Waals surface area contributed by atoms with Crippen LogP contribution in [0.4, 0.5) is 4.79 Å². The van der Waals surface area contributed by atoms with E-state index in [1.165, 1.54) is 19.2 Å². The van der Waals surface area contributed by atoms with Gasteiger partial charge in [-0.2, -0.15) is 0 Å². The molecule has 1 atom stereocenters. The van der Waals surface area contributed by atoms with Gasteiger partial charge in [-0.15, -0.1) is 0 Å². The van der Waals surface area contributed by atoms with Gasteiger partial charge in [-0.3, -0.25) is 0 Å². The molecule has 0 aliphatic carbocycles. The Balaban J connectivity index is 2.85. The highest BCUT2D eigenvalue weighted by Crippen LogP contribution is 2.25. The van der Waals surface area contributed by atoms with Crippen LogP contribution in [0.3, 0.4) is 0 Å². The van der Waals surface area contributed by atoms with E-state index >= 15 is 0 Å². The van der Waals surface area contributed by atoms with Gasteiger partial charge in [0.1, 0.15) is 23.1 Å². The second-order valence-corrected chi connectivity index (χ2v) is 5.74. The summed E-state index contributed by atoms with van der Waals surface area (Å²) in [5.41, 5.74) is -0.174. The van der Waals surface area contributed by atoms with Crippen molar-refractivity contribution >= 4 is 12.1 Å². The lowest BCUT2D eigenvalue weighted by Crippen LogP contribution is -2.44. The van der Waals surface area contributed by atoms with E-state index in [4.69, 9.17) is 9.47 Å². The van der Waals surface area contributed by atoms with E-state index in [2.05, 4.69) is 5.32 Å². The van der Waals surface area contributed by atoms with Crippen LogP contribution >= 0.6 is 0 Å². The first kappa shape index (κ1) is 17.6. The lowest BCUT2D eigenvalue weighted by atomic mass is 10.0. The summed E-state index contributed by atoms with van der Waals surface area (Å²) in [6, 6.07) is 3.17. The van der Waals surface area contributed by atoms with Crippen LogP contribution in [0, 0.1) is 0 Å². The van der Waals surface area contributed by atoms with E-state index < -0.39 is 23.7 Å². The average molecular weight is 311 g/mol. The number of alkyl carbamates (subject to hydrolysis) is 1. The van der Waals surface area contributed by atoms with E-state index in [-0.39, 0.29) is 12.2 Å². The molecule has 0 bridgehead atoms. The predicted molar refractivity (Wildman–Crippen MR) is 79.2 cm³/mol. The maximum atomic E-state index is 11.7. The summed E-state index contributed by atoms with van der Waals surface area (Å²) in [6.07, 6.45) is -0.810. The number of nitrogens with one attached hydrogen (secondary N) is 1. The molecular weight excluding hydrogens is 290 g/mol. The first-order valence-electron chi connectivity index (χ1n) is 6.70. The van der Waals surface area contributed by atoms with Gasteiger partial charge in [0.2, 0.25) is 0 Å². The van der Waals surface area contributed by atoms with Crippen LogP contribution in [0.1, 0.15) is 26.3 Å². The molecule has 0 radical (unpaired) electrons. The summed E-state index contributed by atoms with van der Waals surface area (Å²) in [5.74, 6) is -0.842. The average Bonchev–Trinajstić information content (AvgIpc) is 2.37. The highest BCUT2D eigenvalue weighted by Gasteiger charge is 2.25. The number of phenols is 1. The standard InChI is InChI=1S/C15H21NO6/c1-15(2,3)22-14(20)16-11(13(18)19)7-9-5-6-10(17)8-12(9)21-4/h5-6,8,11,17H,7H2,1-4H3,(H,16,20)(H,18,19). The Hall–Kier alpha value is -2.44. The molecule has 1 aromatic carbocycles. The van der Waals surface area contributed by atoms with Gasteiger partial charge in [-0.05, 0) is 32.4 Å². The van der Waals surface area contributed by atoms with Crippen molar-refractivity contribution in [3.8, 4) is 11.5 Å². The highest BCUT2D eigenvalue weighted by molar-refractivity contribution is 5.80. The van der Waals surface area contributed by atoms with Gasteiger partial charge in [-0.25, -0.2) is 9.59 Å². The molecule has 1 aromatic rings. The minimum Gasteiger partial charge on any atom is -0.508 e. The summed E-state index contributed by atoms with van der Waals surface area (Å²) in [5, 5.41) is 20.9. The fourth-order valence-electron chi connectivity index (χ4n) is 1.77. The number of carbonyl (C=O) groups is 2. The number of hydrogen-bond donors (Lipinski definition) is 3. The molecule has 0 fully saturated rings. The topological polar surface area (TPSA) is 105 Å². The Morgan fingerprint density at radius 1 is 1.32 bits per heavy atom. The lowest BCUT2D eigenvalue weighted by Gasteiger charge is -2.22. The zero-order valence-electron chi connectivity index (χ0n) is 13.0. The zero-order chi connectivity index (χ0) is 16.9. The number of ether oxygens (including phenoxy) is 2. The molecule has 0 saturated carbocycles. The number of benzene rings is 1. The van der Waals surface area contributed by atoms with Crippen molar-refractivity contribution in [2.45, 2.75) is 38.8 Å². The minimum absolute atomic E-state index is 0.00195. The Labute approximate surface area is 128 Å². The molecule has 122 valence electrons. The summed E-state index contributed by atoms with van der Waals surface area (Å²) < 4.78 is 10.1. The largest absolute Gasteiger partial charge is 0.508 e. The number of methoxy groups -OCH3 is 1. The monoisotopic (exact) mass is 311 g/mol. The molecule has 1 amide bonds. The van der Waals surface area contributed by atoms with Gasteiger partial charge in [0.15, 0.2) is 0 Å². The molecule has 22 heavy (non-hydrogen) atoms. The molecule has 0 aromatic heterocycles. The summed E-state index contributed by atoms with van der Waals surface area (Å²) in [6.45, 7) is 5.06. The predicted octanol–water partition coefficient (Wildman–Crippen LogP) is 1.92. The Morgan fingerprint density at radius 2 is 1.95 bits per heavy atom. The molecule has 1 rings (SSSR count). The fraction of sp³-hybridized carbons (Fsp3) is 0.467. The second kappa shape index (κ2) is 7.02. The van der Waals surface area contributed by atoms with Crippen LogP contribution in [-0.2, 0) is 16.0 Å². The van der Waals surface area contributed by atoms with E-state index in [1.807, 2.05) is 0 Å². The third kappa shape index (κ3) is 5.51. The molecule has 0 heterocycles. The zero-order valence-corrected chi connectivity index (χ0v) is 13.0. The van der Waals surface area contributed by atoms with E-state index in [0.29, 0.717) is 11.3 Å². The van der Waals surface area contributed by atoms with Gasteiger partial charge in [0.25, 0.3) is 0 Å². The first-order valence-corrected chi connectivity index (χ1v) is 6.70. The number of phenolic OH excluding ortho intramolecular Hbond substituents is 1. The van der Waals surface area contributed by atoms with Gasteiger partial charge >= 0.3 is 12.1 Å². The third-order valence-electron chi connectivity index (χ3n) is 2.68. The number of aromatic hydroxyl groups is 1. The number of carbonyl (C=O) groups excluding carboxylic acids is 1. The van der Waals surface area contributed by atoms with Crippen molar-refractivity contribution in [2.24, 2.45) is 0 Å². The Morgan fingerprint density at radius 3 is 2.45 bits per heavy atom. The maximum absolute atomic E-state index is 11.7. The second-order valence-electron chi connectivity index (χ2n) is 5.74. The van der Waals surface area contributed by atoms with Crippen LogP contribution in [0.2, 0.25) is 0 Å². The fourth-order valence-corrected chi connectivity index (χ4v) is 1.77. The van der Waals surface area contributed by atoms with Crippen molar-refractivity contribution in [1.82, 2.24) is 5.32 Å². The molecule has 0 spiro atoms. The Kier molecular flexibility index (Phi) is 5.62. The van der Waals surface area contributed by atoms with Crippen molar-refractivity contribution in [1.29, 1.82) is 0 Å². The quantitative estimate of drug-likeness (QED) is 0.767. The van der Waals surface area contributed by atoms with Crippen LogP contribution in [0.25, 0.3) is 0 Å². The number of aliphatic carboxylic acids is 1. The van der Waals surface area contributed by atoms with Gasteiger partial charge in [-0.1, -0.05) is 6.07 Å². The van der Waals surface area contributed by atoms with Crippen molar-refractivity contribution < 1.29 is 29.3 Å².